The predicted molar refractivity (Wildman–Crippen MR) is 77.0 cm³/mol. The lowest BCUT2D eigenvalue weighted by Crippen LogP contribution is -2.33. The average Bonchev–Trinajstić information content (AvgIpc) is 2.69. The lowest BCUT2D eigenvalue weighted by molar-refractivity contribution is 0.505. The number of nitrogens with zero attached hydrogens (tertiary/aromatic N) is 2. The molecule has 0 radical (unpaired) electrons. The predicted octanol–water partition coefficient (Wildman–Crippen LogP) is 2.00. The van der Waals surface area contributed by atoms with E-state index in [1.165, 1.54) is 0 Å². The molecule has 0 aliphatic carbocycles. The van der Waals surface area contributed by atoms with Crippen LogP contribution >= 0.6 is 11.5 Å². The minimum atomic E-state index is -3.34. The number of rotatable bonds is 5. The second kappa shape index (κ2) is 5.44. The molecule has 7 heteroatoms. The lowest BCUT2D eigenvalue weighted by atomic mass is 10.1. The summed E-state index contributed by atoms with van der Waals surface area (Å²) in [6.45, 7) is 7.87. The first-order valence-corrected chi connectivity index (χ1v) is 8.35. The van der Waals surface area contributed by atoms with Crippen LogP contribution in [0.5, 0.6) is 0 Å². The quantitative estimate of drug-likeness (QED) is 0.898. The number of aromatic nitrogens is 1. The van der Waals surface area contributed by atoms with Crippen molar-refractivity contribution >= 4 is 32.2 Å². The molecule has 1 aromatic heterocycles. The molecule has 0 saturated heterocycles. The summed E-state index contributed by atoms with van der Waals surface area (Å²) >= 11 is 1.14. The highest BCUT2D eigenvalue weighted by Crippen LogP contribution is 2.36. The van der Waals surface area contributed by atoms with Crippen LogP contribution in [0.25, 0.3) is 0 Å². The molecule has 5 nitrogen and oxygen atoms in total. The summed E-state index contributed by atoms with van der Waals surface area (Å²) in [6, 6.07) is 0.218. The van der Waals surface area contributed by atoms with Crippen molar-refractivity contribution in [3.63, 3.8) is 0 Å². The molecule has 1 aromatic rings. The van der Waals surface area contributed by atoms with E-state index in [0.717, 1.165) is 11.5 Å². The SMILES string of the molecule is CCS(=O)(=O)c1c(N)nsc1N(C)C(C)C(C)C. The molecule has 0 aromatic carbocycles. The van der Waals surface area contributed by atoms with Crippen LogP contribution in [0.4, 0.5) is 10.8 Å². The van der Waals surface area contributed by atoms with Gasteiger partial charge in [-0.15, -0.1) is 0 Å². The summed E-state index contributed by atoms with van der Waals surface area (Å²) in [5, 5.41) is 0.635. The first kappa shape index (κ1) is 15.2. The second-order valence-electron chi connectivity index (χ2n) is 4.70. The van der Waals surface area contributed by atoms with Crippen LogP contribution < -0.4 is 10.6 Å². The van der Waals surface area contributed by atoms with E-state index < -0.39 is 9.84 Å². The van der Waals surface area contributed by atoms with Gasteiger partial charge in [0.15, 0.2) is 15.7 Å². The Morgan fingerprint density at radius 1 is 1.39 bits per heavy atom. The summed E-state index contributed by atoms with van der Waals surface area (Å²) in [6.07, 6.45) is 0. The van der Waals surface area contributed by atoms with Crippen LogP contribution in [0.3, 0.4) is 0 Å². The summed E-state index contributed by atoms with van der Waals surface area (Å²) in [5.41, 5.74) is 5.71. The van der Waals surface area contributed by atoms with Crippen molar-refractivity contribution in [1.82, 2.24) is 4.37 Å². The normalized spacial score (nSPS) is 13.9. The number of nitrogens with two attached hydrogens (primary N) is 1. The van der Waals surface area contributed by atoms with Crippen molar-refractivity contribution in [3.8, 4) is 0 Å². The third-order valence-corrected chi connectivity index (χ3v) is 6.11. The summed E-state index contributed by atoms with van der Waals surface area (Å²) in [5.74, 6) is 0.558. The molecule has 1 unspecified atom stereocenters. The molecule has 1 heterocycles. The van der Waals surface area contributed by atoms with Crippen molar-refractivity contribution in [2.45, 2.75) is 38.6 Å². The van der Waals surface area contributed by atoms with Crippen LogP contribution in [0.2, 0.25) is 0 Å². The van der Waals surface area contributed by atoms with Crippen molar-refractivity contribution in [2.75, 3.05) is 23.4 Å². The molecule has 0 bridgehead atoms. The van der Waals surface area contributed by atoms with Crippen molar-refractivity contribution < 1.29 is 8.42 Å². The van der Waals surface area contributed by atoms with Gasteiger partial charge >= 0.3 is 0 Å². The van der Waals surface area contributed by atoms with Crippen molar-refractivity contribution in [3.05, 3.63) is 0 Å². The van der Waals surface area contributed by atoms with Gasteiger partial charge < -0.3 is 10.6 Å². The molecule has 0 fully saturated rings. The van der Waals surface area contributed by atoms with Gasteiger partial charge in [-0.3, -0.25) is 0 Å². The van der Waals surface area contributed by atoms with Crippen LogP contribution in [0.1, 0.15) is 27.7 Å². The van der Waals surface area contributed by atoms with E-state index in [4.69, 9.17) is 5.73 Å². The second-order valence-corrected chi connectivity index (χ2v) is 7.67. The topological polar surface area (TPSA) is 76.3 Å². The lowest BCUT2D eigenvalue weighted by Gasteiger charge is -2.29. The number of hydrogen-bond donors (Lipinski definition) is 1. The Kier molecular flexibility index (Phi) is 4.61. The smallest absolute Gasteiger partial charge is 0.184 e. The Morgan fingerprint density at radius 2 is 1.94 bits per heavy atom. The van der Waals surface area contributed by atoms with Crippen LogP contribution in [0, 0.1) is 5.92 Å². The molecular formula is C11H21N3O2S2. The number of hydrogen-bond acceptors (Lipinski definition) is 6. The molecule has 0 spiro atoms. The van der Waals surface area contributed by atoms with E-state index in [0.29, 0.717) is 10.9 Å². The summed E-state index contributed by atoms with van der Waals surface area (Å²) in [4.78, 5) is 2.13. The molecule has 2 N–H and O–H groups in total. The van der Waals surface area contributed by atoms with Crippen LogP contribution in [-0.4, -0.2) is 31.6 Å². The van der Waals surface area contributed by atoms with Crippen molar-refractivity contribution in [1.29, 1.82) is 0 Å². The third-order valence-electron chi connectivity index (χ3n) is 3.24. The molecule has 0 aliphatic heterocycles. The maximum Gasteiger partial charge on any atom is 0.184 e. The van der Waals surface area contributed by atoms with Crippen LogP contribution in [0.15, 0.2) is 4.90 Å². The molecule has 18 heavy (non-hydrogen) atoms. The minimum absolute atomic E-state index is 0.0342. The van der Waals surface area contributed by atoms with Gasteiger partial charge in [-0.05, 0) is 24.4 Å². The van der Waals surface area contributed by atoms with Gasteiger partial charge in [0.25, 0.3) is 0 Å². The Bertz CT molecular complexity index is 508. The van der Waals surface area contributed by atoms with Gasteiger partial charge in [0.2, 0.25) is 0 Å². The van der Waals surface area contributed by atoms with E-state index in [9.17, 15) is 8.42 Å². The van der Waals surface area contributed by atoms with Crippen LogP contribution in [-0.2, 0) is 9.84 Å². The monoisotopic (exact) mass is 291 g/mol. The molecule has 1 rings (SSSR count). The maximum absolute atomic E-state index is 12.1. The number of sulfone groups is 1. The van der Waals surface area contributed by atoms with Gasteiger partial charge in [-0.2, -0.15) is 4.37 Å². The Morgan fingerprint density at radius 3 is 2.39 bits per heavy atom. The Labute approximate surface area is 113 Å². The van der Waals surface area contributed by atoms with E-state index in [1.54, 1.807) is 6.92 Å². The molecule has 0 saturated carbocycles. The molecule has 0 amide bonds. The fourth-order valence-electron chi connectivity index (χ4n) is 1.58. The highest BCUT2D eigenvalue weighted by Gasteiger charge is 2.28. The van der Waals surface area contributed by atoms with E-state index >= 15 is 0 Å². The maximum atomic E-state index is 12.1. The summed E-state index contributed by atoms with van der Waals surface area (Å²) in [7, 11) is -1.46. The summed E-state index contributed by atoms with van der Waals surface area (Å²) < 4.78 is 28.1. The highest BCUT2D eigenvalue weighted by atomic mass is 32.2. The van der Waals surface area contributed by atoms with Crippen molar-refractivity contribution in [2.24, 2.45) is 5.92 Å². The van der Waals surface area contributed by atoms with Gasteiger partial charge in [0, 0.05) is 13.1 Å². The minimum Gasteiger partial charge on any atom is -0.382 e. The fourth-order valence-corrected chi connectivity index (χ4v) is 3.95. The molecule has 1 atom stereocenters. The third kappa shape index (κ3) is 2.77. The first-order chi connectivity index (χ1) is 8.22. The van der Waals surface area contributed by atoms with Gasteiger partial charge in [0.1, 0.15) is 9.90 Å². The zero-order chi connectivity index (χ0) is 14.1. The number of nitrogen functional groups attached to an aromatic ring is 1. The van der Waals surface area contributed by atoms with Gasteiger partial charge in [-0.1, -0.05) is 20.8 Å². The molecular weight excluding hydrogens is 270 g/mol. The van der Waals surface area contributed by atoms with Gasteiger partial charge in [-0.25, -0.2) is 8.42 Å². The van der Waals surface area contributed by atoms with Gasteiger partial charge in [0.05, 0.1) is 5.75 Å². The first-order valence-electron chi connectivity index (χ1n) is 5.93. The molecule has 104 valence electrons. The highest BCUT2D eigenvalue weighted by molar-refractivity contribution is 7.91. The Hall–Kier alpha value is -0.820. The van der Waals surface area contributed by atoms with E-state index in [2.05, 4.69) is 25.1 Å². The zero-order valence-electron chi connectivity index (χ0n) is 11.5. The van der Waals surface area contributed by atoms with E-state index in [1.807, 2.05) is 11.9 Å². The standard InChI is InChI=1S/C11H21N3O2S2/c1-6-18(15,16)9-10(12)13-17-11(9)14(5)8(4)7(2)3/h7-8H,6H2,1-5H3,(H2,12,13). The largest absolute Gasteiger partial charge is 0.382 e. The zero-order valence-corrected chi connectivity index (χ0v) is 13.1. The average molecular weight is 291 g/mol. The molecule has 0 aliphatic rings. The fraction of sp³-hybridized carbons (Fsp3) is 0.727. The number of anilines is 2. The Balaban J connectivity index is 3.28. The van der Waals surface area contributed by atoms with E-state index in [-0.39, 0.29) is 22.5 Å².